The molecule has 0 aliphatic heterocycles. The van der Waals surface area contributed by atoms with Crippen LogP contribution in [0.3, 0.4) is 0 Å². The third-order valence-corrected chi connectivity index (χ3v) is 0.809. The molecular formula is C2H3FN2O3S. The third-order valence-electron chi connectivity index (χ3n) is 0.270. The number of carboxylic acid groups (broad SMARTS) is 1. The van der Waals surface area contributed by atoms with Crippen molar-refractivity contribution in [2.24, 2.45) is 0 Å². The van der Waals surface area contributed by atoms with Gasteiger partial charge in [-0.05, 0) is 0 Å². The Bertz CT molecular complexity index is 115. The van der Waals surface area contributed by atoms with E-state index in [0.717, 1.165) is 0 Å². The number of rotatable bonds is 2. The highest BCUT2D eigenvalue weighted by Gasteiger charge is 1.96. The fourth-order valence-corrected chi connectivity index (χ4v) is 0.328. The lowest BCUT2D eigenvalue weighted by atomic mass is 11.3. The molecule has 2 amide bonds. The highest BCUT2D eigenvalue weighted by Crippen LogP contribution is 1.85. The summed E-state index contributed by atoms with van der Waals surface area (Å²) in [7, 11) is 0. The molecule has 5 nitrogen and oxygen atoms in total. The predicted molar refractivity (Wildman–Crippen MR) is 28.4 cm³/mol. The maximum absolute atomic E-state index is 11.1. The van der Waals surface area contributed by atoms with Crippen molar-refractivity contribution in [2.75, 3.05) is 0 Å². The number of amides is 2. The molecular weight excluding hydrogens is 151 g/mol. The van der Waals surface area contributed by atoms with Gasteiger partial charge in [0.15, 0.2) is 0 Å². The van der Waals surface area contributed by atoms with Gasteiger partial charge in [-0.2, -0.15) is 0 Å². The van der Waals surface area contributed by atoms with Crippen LogP contribution in [0.15, 0.2) is 0 Å². The zero-order chi connectivity index (χ0) is 7.28. The van der Waals surface area contributed by atoms with Gasteiger partial charge in [0.2, 0.25) is 0 Å². The second-order valence-electron chi connectivity index (χ2n) is 0.885. The van der Waals surface area contributed by atoms with Gasteiger partial charge in [0, 0.05) is 0 Å². The first-order chi connectivity index (χ1) is 4.13. The number of nitrogens with one attached hydrogen (secondary N) is 2. The molecule has 7 heteroatoms. The minimum Gasteiger partial charge on any atom is -0.464 e. The quantitative estimate of drug-likeness (QED) is 0.307. The molecule has 0 rings (SSSR count). The molecule has 0 spiro atoms. The minimum absolute atomic E-state index is 0.245. The zero-order valence-electron chi connectivity index (χ0n) is 4.05. The van der Waals surface area contributed by atoms with E-state index in [2.05, 4.69) is 0 Å². The molecule has 0 aliphatic carbocycles. The van der Waals surface area contributed by atoms with Crippen molar-refractivity contribution < 1.29 is 19.1 Å². The normalized spacial score (nSPS) is 8.11. The molecule has 0 atom stereocenters. The van der Waals surface area contributed by atoms with Crippen molar-refractivity contribution in [1.82, 2.24) is 9.44 Å². The molecule has 0 aliphatic rings. The molecule has 0 fully saturated rings. The molecule has 0 heterocycles. The summed E-state index contributed by atoms with van der Waals surface area (Å²) in [4.78, 5) is 19.0. The van der Waals surface area contributed by atoms with Crippen LogP contribution in [-0.4, -0.2) is 17.4 Å². The molecule has 0 radical (unpaired) electrons. The van der Waals surface area contributed by atoms with Gasteiger partial charge in [0.25, 0.3) is 0 Å². The Labute approximate surface area is 53.9 Å². The number of halogens is 1. The van der Waals surface area contributed by atoms with E-state index >= 15 is 0 Å². The van der Waals surface area contributed by atoms with Gasteiger partial charge in [0.1, 0.15) is 0 Å². The SMILES string of the molecule is O=C(O)NSNC(=O)F. The van der Waals surface area contributed by atoms with Crippen molar-refractivity contribution in [3.05, 3.63) is 0 Å². The fraction of sp³-hybridized carbons (Fsp3) is 0. The average molecular weight is 154 g/mol. The van der Waals surface area contributed by atoms with Crippen molar-refractivity contribution in [3.63, 3.8) is 0 Å². The van der Waals surface area contributed by atoms with Crippen LogP contribution in [0.5, 0.6) is 0 Å². The Morgan fingerprint density at radius 2 is 2.00 bits per heavy atom. The van der Waals surface area contributed by atoms with E-state index in [-0.39, 0.29) is 12.1 Å². The summed E-state index contributed by atoms with van der Waals surface area (Å²) >= 11 is 0.245. The second-order valence-corrected chi connectivity index (χ2v) is 1.50. The van der Waals surface area contributed by atoms with Gasteiger partial charge in [-0.25, -0.2) is 14.3 Å². The van der Waals surface area contributed by atoms with Crippen LogP contribution in [0, 0.1) is 0 Å². The summed E-state index contributed by atoms with van der Waals surface area (Å²) in [6.45, 7) is 0. The molecule has 0 unspecified atom stereocenters. The standard InChI is InChI=1S/C2H3FN2O3S/c3-1(6)4-9-5-2(7)8/h5H,(H,4,6)(H,7,8). The molecule has 3 N–H and O–H groups in total. The van der Waals surface area contributed by atoms with Crippen LogP contribution >= 0.6 is 12.1 Å². The van der Waals surface area contributed by atoms with Crippen molar-refractivity contribution in [3.8, 4) is 0 Å². The molecule has 52 valence electrons. The van der Waals surface area contributed by atoms with E-state index in [4.69, 9.17) is 5.11 Å². The lowest BCUT2D eigenvalue weighted by Gasteiger charge is -1.94. The Morgan fingerprint density at radius 3 is 2.33 bits per heavy atom. The maximum atomic E-state index is 11.1. The Morgan fingerprint density at radius 1 is 1.44 bits per heavy atom. The van der Waals surface area contributed by atoms with Crippen molar-refractivity contribution in [2.45, 2.75) is 0 Å². The van der Waals surface area contributed by atoms with E-state index in [1.54, 1.807) is 4.72 Å². The van der Waals surface area contributed by atoms with Crippen molar-refractivity contribution >= 4 is 24.4 Å². The molecule has 9 heavy (non-hydrogen) atoms. The number of hydrogen-bond donors (Lipinski definition) is 3. The summed E-state index contributed by atoms with van der Waals surface area (Å²) in [5.74, 6) is 0. The number of carbonyl (C=O) groups is 2. The monoisotopic (exact) mass is 154 g/mol. The van der Waals surface area contributed by atoms with Gasteiger partial charge in [-0.3, -0.25) is 4.72 Å². The molecule has 0 bridgehead atoms. The summed E-state index contributed by atoms with van der Waals surface area (Å²) in [6, 6.07) is 0. The van der Waals surface area contributed by atoms with E-state index in [1.165, 1.54) is 4.72 Å². The zero-order valence-corrected chi connectivity index (χ0v) is 4.87. The highest BCUT2D eigenvalue weighted by atomic mass is 32.2. The first kappa shape index (κ1) is 8.02. The van der Waals surface area contributed by atoms with Crippen molar-refractivity contribution in [1.29, 1.82) is 0 Å². The Kier molecular flexibility index (Phi) is 3.52. The van der Waals surface area contributed by atoms with E-state index in [9.17, 15) is 14.0 Å². The second kappa shape index (κ2) is 3.96. The van der Waals surface area contributed by atoms with E-state index < -0.39 is 12.3 Å². The molecule has 0 aromatic rings. The van der Waals surface area contributed by atoms with Gasteiger partial charge >= 0.3 is 12.3 Å². The van der Waals surface area contributed by atoms with Crippen LogP contribution in [-0.2, 0) is 0 Å². The van der Waals surface area contributed by atoms with Crippen LogP contribution in [0.25, 0.3) is 0 Å². The van der Waals surface area contributed by atoms with Gasteiger partial charge in [-0.15, -0.1) is 4.39 Å². The predicted octanol–water partition coefficient (Wildman–Crippen LogP) is 0.496. The van der Waals surface area contributed by atoms with Gasteiger partial charge in [0.05, 0.1) is 12.1 Å². The lowest BCUT2D eigenvalue weighted by molar-refractivity contribution is 0.202. The molecule has 0 saturated heterocycles. The topological polar surface area (TPSA) is 78.4 Å². The number of hydrogen-bond acceptors (Lipinski definition) is 3. The van der Waals surface area contributed by atoms with Gasteiger partial charge < -0.3 is 5.11 Å². The average Bonchev–Trinajstić information content (AvgIpc) is 1.63. The van der Waals surface area contributed by atoms with Crippen LogP contribution < -0.4 is 9.44 Å². The summed E-state index contributed by atoms with van der Waals surface area (Å²) in [5.41, 5.74) is 0. The third kappa shape index (κ3) is 7.02. The fourth-order valence-electron chi connectivity index (χ4n) is 0.109. The summed E-state index contributed by atoms with van der Waals surface area (Å²) < 4.78 is 14.3. The molecule has 0 aromatic heterocycles. The Hall–Kier alpha value is -0.980. The molecule has 0 aromatic carbocycles. The van der Waals surface area contributed by atoms with Crippen LogP contribution in [0.2, 0.25) is 0 Å². The highest BCUT2D eigenvalue weighted by molar-refractivity contribution is 7.96. The smallest absolute Gasteiger partial charge is 0.416 e. The Balaban J connectivity index is 3.10. The van der Waals surface area contributed by atoms with E-state index in [0.29, 0.717) is 0 Å². The van der Waals surface area contributed by atoms with Crippen LogP contribution in [0.4, 0.5) is 14.0 Å². The molecule has 0 saturated carbocycles. The van der Waals surface area contributed by atoms with Crippen LogP contribution in [0.1, 0.15) is 0 Å². The van der Waals surface area contributed by atoms with Gasteiger partial charge in [-0.1, -0.05) is 0 Å². The largest absolute Gasteiger partial charge is 0.464 e. The first-order valence-corrected chi connectivity index (χ1v) is 2.55. The van der Waals surface area contributed by atoms with E-state index in [1.807, 2.05) is 0 Å². The summed E-state index contributed by atoms with van der Waals surface area (Å²) in [5, 5.41) is 7.82. The minimum atomic E-state index is -1.80. The first-order valence-electron chi connectivity index (χ1n) is 1.73. The number of carbonyl (C=O) groups excluding carboxylic acids is 1. The summed E-state index contributed by atoms with van der Waals surface area (Å²) in [6.07, 6.45) is -3.15. The lowest BCUT2D eigenvalue weighted by Crippen LogP contribution is -2.20. The maximum Gasteiger partial charge on any atom is 0.416 e.